The monoisotopic (exact) mass is 196 g/mol. The van der Waals surface area contributed by atoms with Crippen LogP contribution in [0.5, 0.6) is 0 Å². The van der Waals surface area contributed by atoms with E-state index in [1.165, 1.54) is 4.68 Å². The van der Waals surface area contributed by atoms with Crippen molar-refractivity contribution < 1.29 is 0 Å². The van der Waals surface area contributed by atoms with Gasteiger partial charge in [-0.2, -0.15) is 14.9 Å². The summed E-state index contributed by atoms with van der Waals surface area (Å²) in [5, 5.41) is 10.3. The van der Waals surface area contributed by atoms with Gasteiger partial charge in [0.05, 0.1) is 0 Å². The summed E-state index contributed by atoms with van der Waals surface area (Å²) in [6.45, 7) is 7.89. The Morgan fingerprint density at radius 3 is 2.71 bits per heavy atom. The van der Waals surface area contributed by atoms with E-state index in [1.807, 2.05) is 6.92 Å². The van der Waals surface area contributed by atoms with E-state index in [2.05, 4.69) is 29.1 Å². The van der Waals surface area contributed by atoms with Gasteiger partial charge in [-0.05, 0) is 26.2 Å². The van der Waals surface area contributed by atoms with Gasteiger partial charge in [0.1, 0.15) is 0 Å². The van der Waals surface area contributed by atoms with Gasteiger partial charge in [-0.25, -0.2) is 9.89 Å². The predicted octanol–water partition coefficient (Wildman–Crippen LogP) is 1.15. The first-order valence-corrected chi connectivity index (χ1v) is 4.69. The molecule has 1 heterocycles. The van der Waals surface area contributed by atoms with Gasteiger partial charge in [0.25, 0.3) is 0 Å². The molecule has 5 heteroatoms. The van der Waals surface area contributed by atoms with E-state index in [9.17, 15) is 4.79 Å². The lowest BCUT2D eigenvalue weighted by Crippen LogP contribution is -2.15. The minimum absolute atomic E-state index is 0.286. The summed E-state index contributed by atoms with van der Waals surface area (Å²) >= 11 is 0. The Morgan fingerprint density at radius 2 is 2.29 bits per heavy atom. The number of aryl methyl sites for hydroxylation is 1. The van der Waals surface area contributed by atoms with Crippen molar-refractivity contribution >= 4 is 5.71 Å². The molecule has 1 aromatic heterocycles. The molecule has 0 aliphatic carbocycles. The Kier molecular flexibility index (Phi) is 3.22. The van der Waals surface area contributed by atoms with Gasteiger partial charge < -0.3 is 0 Å². The molecular formula is C9H16N4O. The molecule has 5 nitrogen and oxygen atoms in total. The SMILES string of the molecule is CC(CC(C)C)=Nn1c(C)n[nH]c1=O. The molecule has 0 unspecified atom stereocenters. The van der Waals surface area contributed by atoms with Crippen molar-refractivity contribution in [1.82, 2.24) is 14.9 Å². The summed E-state index contributed by atoms with van der Waals surface area (Å²) < 4.78 is 1.29. The van der Waals surface area contributed by atoms with Crippen molar-refractivity contribution in [2.24, 2.45) is 11.0 Å². The maximum Gasteiger partial charge on any atom is 0.364 e. The molecule has 0 spiro atoms. The predicted molar refractivity (Wildman–Crippen MR) is 55.5 cm³/mol. The van der Waals surface area contributed by atoms with Crippen LogP contribution in [0.2, 0.25) is 0 Å². The smallest absolute Gasteiger partial charge is 0.244 e. The first-order chi connectivity index (χ1) is 6.50. The maximum absolute atomic E-state index is 11.2. The molecule has 0 aromatic carbocycles. The first kappa shape index (κ1) is 10.7. The zero-order chi connectivity index (χ0) is 10.7. The van der Waals surface area contributed by atoms with Crippen LogP contribution in [-0.4, -0.2) is 20.6 Å². The Hall–Kier alpha value is -1.39. The second kappa shape index (κ2) is 4.21. The average molecular weight is 196 g/mol. The molecule has 1 rings (SSSR count). The molecule has 1 N–H and O–H groups in total. The van der Waals surface area contributed by atoms with Gasteiger partial charge in [0.2, 0.25) is 0 Å². The van der Waals surface area contributed by atoms with Crippen LogP contribution in [0.15, 0.2) is 9.90 Å². The lowest BCUT2D eigenvalue weighted by atomic mass is 10.1. The number of nitrogens with zero attached hydrogens (tertiary/aromatic N) is 3. The molecular weight excluding hydrogens is 180 g/mol. The van der Waals surface area contributed by atoms with Crippen LogP contribution in [0.25, 0.3) is 0 Å². The number of hydrogen-bond acceptors (Lipinski definition) is 3. The van der Waals surface area contributed by atoms with E-state index in [-0.39, 0.29) is 5.69 Å². The Labute approximate surface area is 82.8 Å². The maximum atomic E-state index is 11.2. The van der Waals surface area contributed by atoms with E-state index in [0.29, 0.717) is 11.7 Å². The molecule has 0 saturated carbocycles. The fraction of sp³-hybridized carbons (Fsp3) is 0.667. The molecule has 0 radical (unpaired) electrons. The molecule has 0 atom stereocenters. The Balaban J connectivity index is 2.91. The summed E-state index contributed by atoms with van der Waals surface area (Å²) in [5.74, 6) is 1.12. The van der Waals surface area contributed by atoms with Crippen LogP contribution >= 0.6 is 0 Å². The van der Waals surface area contributed by atoms with Crippen molar-refractivity contribution in [2.45, 2.75) is 34.1 Å². The van der Waals surface area contributed by atoms with E-state index < -0.39 is 0 Å². The number of aromatic nitrogens is 3. The van der Waals surface area contributed by atoms with E-state index in [0.717, 1.165) is 12.1 Å². The fourth-order valence-corrected chi connectivity index (χ4v) is 1.29. The van der Waals surface area contributed by atoms with Crippen molar-refractivity contribution in [1.29, 1.82) is 0 Å². The minimum Gasteiger partial charge on any atom is -0.244 e. The van der Waals surface area contributed by atoms with E-state index in [1.54, 1.807) is 6.92 Å². The lowest BCUT2D eigenvalue weighted by molar-refractivity contribution is 0.672. The molecule has 14 heavy (non-hydrogen) atoms. The third kappa shape index (κ3) is 2.55. The molecule has 0 saturated heterocycles. The Bertz CT molecular complexity index is 386. The number of hydrogen-bond donors (Lipinski definition) is 1. The molecule has 78 valence electrons. The van der Waals surface area contributed by atoms with Gasteiger partial charge in [-0.1, -0.05) is 13.8 Å². The zero-order valence-electron chi connectivity index (χ0n) is 9.03. The van der Waals surface area contributed by atoms with Crippen molar-refractivity contribution in [3.05, 3.63) is 16.3 Å². The van der Waals surface area contributed by atoms with Crippen LogP contribution < -0.4 is 5.69 Å². The van der Waals surface area contributed by atoms with Gasteiger partial charge in [0.15, 0.2) is 5.82 Å². The third-order valence-corrected chi connectivity index (χ3v) is 1.79. The summed E-state index contributed by atoms with van der Waals surface area (Å²) in [4.78, 5) is 11.2. The lowest BCUT2D eigenvalue weighted by Gasteiger charge is -2.03. The van der Waals surface area contributed by atoms with Crippen molar-refractivity contribution in [3.8, 4) is 0 Å². The highest BCUT2D eigenvalue weighted by Crippen LogP contribution is 2.01. The van der Waals surface area contributed by atoms with Gasteiger partial charge >= 0.3 is 5.69 Å². The molecule has 0 fully saturated rings. The second-order valence-corrected chi connectivity index (χ2v) is 3.82. The molecule has 0 bridgehead atoms. The highest BCUT2D eigenvalue weighted by molar-refractivity contribution is 5.81. The highest BCUT2D eigenvalue weighted by Gasteiger charge is 2.03. The number of nitrogens with one attached hydrogen (secondary N) is 1. The highest BCUT2D eigenvalue weighted by atomic mass is 16.2. The van der Waals surface area contributed by atoms with Crippen LogP contribution in [0, 0.1) is 12.8 Å². The largest absolute Gasteiger partial charge is 0.364 e. The summed E-state index contributed by atoms with van der Waals surface area (Å²) in [7, 11) is 0. The van der Waals surface area contributed by atoms with E-state index >= 15 is 0 Å². The number of rotatable bonds is 3. The normalized spacial score (nSPS) is 12.5. The van der Waals surface area contributed by atoms with Crippen molar-refractivity contribution in [2.75, 3.05) is 0 Å². The zero-order valence-corrected chi connectivity index (χ0v) is 9.03. The van der Waals surface area contributed by atoms with Crippen LogP contribution in [0.3, 0.4) is 0 Å². The standard InChI is InChI=1S/C9H16N4O/c1-6(2)5-7(3)12-13-8(4)10-11-9(13)14/h6H,5H2,1-4H3,(H,11,14). The van der Waals surface area contributed by atoms with Gasteiger partial charge in [0, 0.05) is 5.71 Å². The Morgan fingerprint density at radius 1 is 1.64 bits per heavy atom. The topological polar surface area (TPSA) is 63.0 Å². The second-order valence-electron chi connectivity index (χ2n) is 3.82. The van der Waals surface area contributed by atoms with Gasteiger partial charge in [-0.3, -0.25) is 0 Å². The van der Waals surface area contributed by atoms with Crippen LogP contribution in [-0.2, 0) is 0 Å². The van der Waals surface area contributed by atoms with Crippen LogP contribution in [0.4, 0.5) is 0 Å². The quantitative estimate of drug-likeness (QED) is 0.737. The van der Waals surface area contributed by atoms with Crippen molar-refractivity contribution in [3.63, 3.8) is 0 Å². The van der Waals surface area contributed by atoms with Crippen LogP contribution in [0.1, 0.15) is 33.0 Å². The van der Waals surface area contributed by atoms with E-state index in [4.69, 9.17) is 0 Å². The molecule has 1 aromatic rings. The first-order valence-electron chi connectivity index (χ1n) is 4.69. The third-order valence-electron chi connectivity index (χ3n) is 1.79. The molecule has 0 amide bonds. The fourth-order valence-electron chi connectivity index (χ4n) is 1.29. The molecule has 0 aliphatic rings. The number of H-pyrrole nitrogens is 1. The molecule has 0 aliphatic heterocycles. The summed E-state index contributed by atoms with van der Waals surface area (Å²) in [5.41, 5.74) is 0.650. The average Bonchev–Trinajstić information content (AvgIpc) is 2.34. The summed E-state index contributed by atoms with van der Waals surface area (Å²) in [6, 6.07) is 0. The summed E-state index contributed by atoms with van der Waals surface area (Å²) in [6.07, 6.45) is 0.886. The number of aromatic amines is 1. The minimum atomic E-state index is -0.286. The van der Waals surface area contributed by atoms with Gasteiger partial charge in [-0.15, -0.1) is 0 Å².